The summed E-state index contributed by atoms with van der Waals surface area (Å²) in [6.07, 6.45) is 4.23. The van der Waals surface area contributed by atoms with Crippen molar-refractivity contribution in [2.75, 3.05) is 0 Å². The van der Waals surface area contributed by atoms with E-state index in [0.29, 0.717) is 17.8 Å². The van der Waals surface area contributed by atoms with Crippen molar-refractivity contribution in [3.8, 4) is 0 Å². The summed E-state index contributed by atoms with van der Waals surface area (Å²) >= 11 is 0. The van der Waals surface area contributed by atoms with Crippen molar-refractivity contribution in [3.05, 3.63) is 0 Å². The number of hydrogen-bond acceptors (Lipinski definition) is 2. The molecule has 0 spiro atoms. The third-order valence-corrected chi connectivity index (χ3v) is 3.64. The van der Waals surface area contributed by atoms with Crippen molar-refractivity contribution in [2.45, 2.75) is 72.8 Å². The normalized spacial score (nSPS) is 26.0. The lowest BCUT2D eigenvalue weighted by Gasteiger charge is -2.27. The Hall–Kier alpha value is -0.530. The van der Waals surface area contributed by atoms with Gasteiger partial charge in [0.05, 0.1) is 0 Å². The number of rotatable bonds is 2. The average Bonchev–Trinajstić information content (AvgIpc) is 2.47. The van der Waals surface area contributed by atoms with E-state index in [1.807, 2.05) is 20.8 Å². The van der Waals surface area contributed by atoms with E-state index in [1.54, 1.807) is 0 Å². The molecular formula is C15H28O2. The summed E-state index contributed by atoms with van der Waals surface area (Å²) < 4.78 is 5.38. The first-order valence-electron chi connectivity index (χ1n) is 6.80. The largest absolute Gasteiger partial charge is 0.460 e. The smallest absolute Gasteiger partial charge is 0.306 e. The minimum Gasteiger partial charge on any atom is -0.460 e. The van der Waals surface area contributed by atoms with E-state index < -0.39 is 0 Å². The van der Waals surface area contributed by atoms with E-state index in [9.17, 15) is 4.79 Å². The Bertz CT molecular complexity index is 268. The van der Waals surface area contributed by atoms with Gasteiger partial charge in [-0.3, -0.25) is 4.79 Å². The van der Waals surface area contributed by atoms with E-state index in [4.69, 9.17) is 4.74 Å². The van der Waals surface area contributed by atoms with Gasteiger partial charge in [-0.05, 0) is 57.3 Å². The van der Waals surface area contributed by atoms with Crippen LogP contribution in [0.1, 0.15) is 67.2 Å². The van der Waals surface area contributed by atoms with Crippen LogP contribution in [0.3, 0.4) is 0 Å². The van der Waals surface area contributed by atoms with Gasteiger partial charge in [0.2, 0.25) is 0 Å². The van der Waals surface area contributed by atoms with E-state index in [2.05, 4.69) is 20.8 Å². The molecule has 0 aromatic rings. The summed E-state index contributed by atoms with van der Waals surface area (Å²) in [6.45, 7) is 12.7. The molecule has 0 aliphatic heterocycles. The molecular weight excluding hydrogens is 212 g/mol. The van der Waals surface area contributed by atoms with Crippen molar-refractivity contribution >= 4 is 5.97 Å². The Labute approximate surface area is 106 Å². The minimum absolute atomic E-state index is 0.0305. The van der Waals surface area contributed by atoms with Crippen molar-refractivity contribution < 1.29 is 9.53 Å². The molecule has 2 heteroatoms. The van der Waals surface area contributed by atoms with Crippen LogP contribution in [0, 0.1) is 17.3 Å². The highest BCUT2D eigenvalue weighted by molar-refractivity contribution is 5.70. The molecule has 0 aromatic heterocycles. The molecule has 0 heterocycles. The molecule has 0 bridgehead atoms. The SMILES string of the molecule is CC(C)(C)OC(=O)C[C@@H]1CC[C@@H](C(C)(C)C)C1. The Kier molecular flexibility index (Phi) is 4.27. The molecule has 0 N–H and O–H groups in total. The molecule has 0 aromatic carbocycles. The van der Waals surface area contributed by atoms with Gasteiger partial charge in [-0.2, -0.15) is 0 Å². The minimum atomic E-state index is -0.348. The maximum absolute atomic E-state index is 11.7. The molecule has 0 radical (unpaired) electrons. The molecule has 0 saturated heterocycles. The Morgan fingerprint density at radius 3 is 2.12 bits per heavy atom. The van der Waals surface area contributed by atoms with Gasteiger partial charge in [0.25, 0.3) is 0 Å². The molecule has 1 aliphatic rings. The maximum Gasteiger partial charge on any atom is 0.306 e. The van der Waals surface area contributed by atoms with Gasteiger partial charge in [-0.15, -0.1) is 0 Å². The van der Waals surface area contributed by atoms with Crippen LogP contribution in [0.15, 0.2) is 0 Å². The molecule has 2 atom stereocenters. The number of hydrogen-bond donors (Lipinski definition) is 0. The van der Waals surface area contributed by atoms with E-state index in [0.717, 1.165) is 5.92 Å². The molecule has 1 rings (SSSR count). The zero-order chi connectivity index (χ0) is 13.3. The predicted octanol–water partition coefficient (Wildman–Crippen LogP) is 4.18. The topological polar surface area (TPSA) is 26.3 Å². The highest BCUT2D eigenvalue weighted by Gasteiger charge is 2.34. The summed E-state index contributed by atoms with van der Waals surface area (Å²) in [4.78, 5) is 11.7. The van der Waals surface area contributed by atoms with Crippen LogP contribution in [0.4, 0.5) is 0 Å². The highest BCUT2D eigenvalue weighted by Crippen LogP contribution is 2.43. The van der Waals surface area contributed by atoms with Gasteiger partial charge >= 0.3 is 5.97 Å². The Morgan fingerprint density at radius 1 is 1.12 bits per heavy atom. The second-order valence-electron chi connectivity index (χ2n) is 7.53. The molecule has 0 unspecified atom stereocenters. The monoisotopic (exact) mass is 240 g/mol. The quantitative estimate of drug-likeness (QED) is 0.677. The summed E-state index contributed by atoms with van der Waals surface area (Å²) in [5.41, 5.74) is 0.0296. The second kappa shape index (κ2) is 4.99. The van der Waals surface area contributed by atoms with Crippen LogP contribution in [0.5, 0.6) is 0 Å². The van der Waals surface area contributed by atoms with Crippen LogP contribution in [-0.2, 0) is 9.53 Å². The number of ether oxygens (including phenoxy) is 1. The predicted molar refractivity (Wildman–Crippen MR) is 70.7 cm³/mol. The van der Waals surface area contributed by atoms with Crippen molar-refractivity contribution in [2.24, 2.45) is 17.3 Å². The molecule has 100 valence electrons. The van der Waals surface area contributed by atoms with Gasteiger partial charge in [-0.1, -0.05) is 20.8 Å². The maximum atomic E-state index is 11.7. The lowest BCUT2D eigenvalue weighted by Crippen LogP contribution is -2.25. The molecule has 1 saturated carbocycles. The third-order valence-electron chi connectivity index (χ3n) is 3.64. The van der Waals surface area contributed by atoms with Crippen molar-refractivity contribution in [1.82, 2.24) is 0 Å². The summed E-state index contributed by atoms with van der Waals surface area (Å²) in [5, 5.41) is 0. The summed E-state index contributed by atoms with van der Waals surface area (Å²) in [5.74, 6) is 1.26. The van der Waals surface area contributed by atoms with Crippen molar-refractivity contribution in [3.63, 3.8) is 0 Å². The molecule has 2 nitrogen and oxygen atoms in total. The van der Waals surface area contributed by atoms with Gasteiger partial charge in [0, 0.05) is 6.42 Å². The van der Waals surface area contributed by atoms with Crippen molar-refractivity contribution in [1.29, 1.82) is 0 Å². The fourth-order valence-electron chi connectivity index (χ4n) is 2.67. The van der Waals surface area contributed by atoms with E-state index in [-0.39, 0.29) is 11.6 Å². The standard InChI is InChI=1S/C15H28O2/c1-14(2,3)12-8-7-11(9-12)10-13(16)17-15(4,5)6/h11-12H,7-10H2,1-6H3/t11-,12-/m1/s1. The van der Waals surface area contributed by atoms with Crippen LogP contribution < -0.4 is 0 Å². The molecule has 17 heavy (non-hydrogen) atoms. The lowest BCUT2D eigenvalue weighted by molar-refractivity contribution is -0.155. The Morgan fingerprint density at radius 2 is 1.71 bits per heavy atom. The third kappa shape index (κ3) is 5.10. The van der Waals surface area contributed by atoms with E-state index in [1.165, 1.54) is 19.3 Å². The molecule has 1 fully saturated rings. The Balaban J connectivity index is 2.38. The molecule has 0 amide bonds. The number of carbonyl (C=O) groups is 1. The van der Waals surface area contributed by atoms with Gasteiger partial charge in [0.1, 0.15) is 5.60 Å². The first-order valence-corrected chi connectivity index (χ1v) is 6.80. The molecule has 1 aliphatic carbocycles. The number of carbonyl (C=O) groups excluding carboxylic acids is 1. The summed E-state index contributed by atoms with van der Waals surface area (Å²) in [6, 6.07) is 0. The zero-order valence-corrected chi connectivity index (χ0v) is 12.3. The van der Waals surface area contributed by atoms with Gasteiger partial charge < -0.3 is 4.74 Å². The van der Waals surface area contributed by atoms with Crippen LogP contribution in [0.25, 0.3) is 0 Å². The van der Waals surface area contributed by atoms with Gasteiger partial charge in [0.15, 0.2) is 0 Å². The summed E-state index contributed by atoms with van der Waals surface area (Å²) in [7, 11) is 0. The van der Waals surface area contributed by atoms with Crippen LogP contribution in [-0.4, -0.2) is 11.6 Å². The second-order valence-corrected chi connectivity index (χ2v) is 7.53. The lowest BCUT2D eigenvalue weighted by atomic mass is 9.79. The van der Waals surface area contributed by atoms with Crippen LogP contribution in [0.2, 0.25) is 0 Å². The zero-order valence-electron chi connectivity index (χ0n) is 12.3. The first kappa shape index (κ1) is 14.5. The number of esters is 1. The average molecular weight is 240 g/mol. The van der Waals surface area contributed by atoms with Crippen LogP contribution >= 0.6 is 0 Å². The highest BCUT2D eigenvalue weighted by atomic mass is 16.6. The first-order chi connectivity index (χ1) is 7.58. The fraction of sp³-hybridized carbons (Fsp3) is 0.933. The van der Waals surface area contributed by atoms with E-state index >= 15 is 0 Å². The fourth-order valence-corrected chi connectivity index (χ4v) is 2.67. The van der Waals surface area contributed by atoms with Gasteiger partial charge in [-0.25, -0.2) is 0 Å².